The Morgan fingerprint density at radius 2 is 1.84 bits per heavy atom. The van der Waals surface area contributed by atoms with Gasteiger partial charge in [0, 0.05) is 11.6 Å². The van der Waals surface area contributed by atoms with Crippen molar-refractivity contribution in [3.05, 3.63) is 59.0 Å². The first-order valence-corrected chi connectivity index (χ1v) is 6.89. The average Bonchev–Trinajstić information content (AvgIpc) is 3.02. The van der Waals surface area contributed by atoms with E-state index in [1.54, 1.807) is 0 Å². The minimum absolute atomic E-state index is 0.238. The summed E-state index contributed by atoms with van der Waals surface area (Å²) in [6, 6.07) is 4.00. The van der Waals surface area contributed by atoms with Gasteiger partial charge in [0.2, 0.25) is 5.82 Å². The Morgan fingerprint density at radius 1 is 1.12 bits per heavy atom. The molecule has 1 heterocycles. The predicted molar refractivity (Wildman–Crippen MR) is 80.7 cm³/mol. The van der Waals surface area contributed by atoms with Gasteiger partial charge in [-0.05, 0) is 24.3 Å². The Hall–Kier alpha value is -3.10. The van der Waals surface area contributed by atoms with Crippen molar-refractivity contribution in [2.24, 2.45) is 5.73 Å². The van der Waals surface area contributed by atoms with E-state index in [9.17, 15) is 22.0 Å². The summed E-state index contributed by atoms with van der Waals surface area (Å²) in [7, 11) is 0. The molecule has 2 aromatic carbocycles. The van der Waals surface area contributed by atoms with Gasteiger partial charge in [-0.25, -0.2) is 17.6 Å². The Bertz CT molecular complexity index is 984. The summed E-state index contributed by atoms with van der Waals surface area (Å²) in [4.78, 5) is 2.35. The van der Waals surface area contributed by atoms with Crippen molar-refractivity contribution in [2.75, 3.05) is 0 Å². The molecule has 0 aliphatic heterocycles. The number of amidine groups is 1. The fourth-order valence-electron chi connectivity index (χ4n) is 2.43. The summed E-state index contributed by atoms with van der Waals surface area (Å²) < 4.78 is 73.8. The van der Waals surface area contributed by atoms with E-state index in [4.69, 9.17) is 15.9 Å². The molecule has 0 amide bonds. The third-order valence-electron chi connectivity index (χ3n) is 3.56. The number of halogens is 5. The molecule has 0 atom stereocenters. The van der Waals surface area contributed by atoms with Crippen molar-refractivity contribution in [3.8, 4) is 11.5 Å². The Labute approximate surface area is 137 Å². The first-order chi connectivity index (χ1) is 11.8. The molecule has 0 unspecified atom stereocenters. The molecule has 3 rings (SSSR count). The highest BCUT2D eigenvalue weighted by molar-refractivity contribution is 5.95. The lowest BCUT2D eigenvalue weighted by Crippen LogP contribution is -2.13. The zero-order chi connectivity index (χ0) is 18.3. The molecule has 0 radical (unpaired) electrons. The molecule has 130 valence electrons. The number of hydrogen-bond donors (Lipinski definition) is 3. The predicted octanol–water partition coefficient (Wildman–Crippen LogP) is 4.60. The molecule has 1 aromatic heterocycles. The second kappa shape index (κ2) is 6.08. The summed E-state index contributed by atoms with van der Waals surface area (Å²) in [5.74, 6) is -5.76. The van der Waals surface area contributed by atoms with Crippen LogP contribution in [0.5, 0.6) is 11.5 Å². The summed E-state index contributed by atoms with van der Waals surface area (Å²) in [6.07, 6.45) is -1.97. The lowest BCUT2D eigenvalue weighted by molar-refractivity contribution is 0.149. The number of ether oxygens (including phenoxy) is 1. The first kappa shape index (κ1) is 16.7. The maximum absolute atomic E-state index is 14.3. The van der Waals surface area contributed by atoms with Crippen molar-refractivity contribution in [1.82, 2.24) is 4.98 Å². The average molecular weight is 355 g/mol. The van der Waals surface area contributed by atoms with E-state index >= 15 is 0 Å². The van der Waals surface area contributed by atoms with Gasteiger partial charge in [0.15, 0.2) is 11.6 Å². The zero-order valence-corrected chi connectivity index (χ0v) is 12.3. The van der Waals surface area contributed by atoms with Gasteiger partial charge in [0.05, 0.1) is 16.6 Å². The number of aromatic nitrogens is 1. The first-order valence-electron chi connectivity index (χ1n) is 6.89. The Balaban J connectivity index is 2.19. The molecule has 0 fully saturated rings. The van der Waals surface area contributed by atoms with E-state index in [-0.39, 0.29) is 16.7 Å². The number of benzene rings is 2. The number of nitrogens with one attached hydrogen (secondary N) is 2. The molecule has 0 spiro atoms. The fourth-order valence-corrected chi connectivity index (χ4v) is 2.43. The minimum Gasteiger partial charge on any atom is -0.454 e. The van der Waals surface area contributed by atoms with E-state index < -0.39 is 46.5 Å². The van der Waals surface area contributed by atoms with Crippen LogP contribution in [0.3, 0.4) is 0 Å². The molecule has 3 aromatic rings. The smallest absolute Gasteiger partial charge is 0.268 e. The number of H-pyrrole nitrogens is 1. The number of fused-ring (bicyclic) bond motifs is 1. The Kier molecular flexibility index (Phi) is 4.07. The minimum atomic E-state index is -3.16. The zero-order valence-electron chi connectivity index (χ0n) is 12.3. The van der Waals surface area contributed by atoms with Crippen LogP contribution in [0.25, 0.3) is 10.9 Å². The third-order valence-corrected chi connectivity index (χ3v) is 3.56. The highest BCUT2D eigenvalue weighted by Crippen LogP contribution is 2.41. The van der Waals surface area contributed by atoms with Crippen LogP contribution in [0.2, 0.25) is 0 Å². The molecule has 4 N–H and O–H groups in total. The molecule has 25 heavy (non-hydrogen) atoms. The number of rotatable bonds is 4. The van der Waals surface area contributed by atoms with Gasteiger partial charge in [0.1, 0.15) is 17.4 Å². The molecule has 0 bridgehead atoms. The third kappa shape index (κ3) is 2.77. The van der Waals surface area contributed by atoms with Crippen molar-refractivity contribution in [1.29, 1.82) is 5.41 Å². The van der Waals surface area contributed by atoms with Gasteiger partial charge in [-0.1, -0.05) is 0 Å². The largest absolute Gasteiger partial charge is 0.454 e. The van der Waals surface area contributed by atoms with Gasteiger partial charge in [-0.15, -0.1) is 0 Å². The molecule has 4 nitrogen and oxygen atoms in total. The van der Waals surface area contributed by atoms with Gasteiger partial charge >= 0.3 is 0 Å². The van der Waals surface area contributed by atoms with Crippen LogP contribution in [0.15, 0.2) is 30.5 Å². The van der Waals surface area contributed by atoms with Crippen LogP contribution in [-0.2, 0) is 0 Å². The van der Waals surface area contributed by atoms with E-state index in [0.717, 1.165) is 24.3 Å². The van der Waals surface area contributed by atoms with Crippen molar-refractivity contribution < 1.29 is 26.7 Å². The number of hydrogen-bond acceptors (Lipinski definition) is 2. The maximum Gasteiger partial charge on any atom is 0.268 e. The number of aromatic amines is 1. The Morgan fingerprint density at radius 3 is 2.48 bits per heavy atom. The van der Waals surface area contributed by atoms with Crippen LogP contribution in [0.1, 0.15) is 17.6 Å². The lowest BCUT2D eigenvalue weighted by Gasteiger charge is -2.14. The number of nitrogens with two attached hydrogens (primary N) is 1. The van der Waals surface area contributed by atoms with Gasteiger partial charge in [0.25, 0.3) is 6.43 Å². The van der Waals surface area contributed by atoms with Gasteiger partial charge < -0.3 is 15.5 Å². The van der Waals surface area contributed by atoms with Crippen LogP contribution >= 0.6 is 0 Å². The normalized spacial score (nSPS) is 11.3. The van der Waals surface area contributed by atoms with E-state index in [1.807, 2.05) is 0 Å². The molecule has 0 aliphatic carbocycles. The molecule has 0 aliphatic rings. The second-order valence-electron chi connectivity index (χ2n) is 5.10. The standard InChI is InChI=1S/C16H10F5N3O/c17-9-2-1-6(5-8(9)16(22)23)25-14-10(15(20)21)7-3-4-24-13(7)11(18)12(14)19/h1-5,15,24H,(H3,22,23). The molecule has 9 heteroatoms. The van der Waals surface area contributed by atoms with Gasteiger partial charge in [-0.3, -0.25) is 5.41 Å². The summed E-state index contributed by atoms with van der Waals surface area (Å²) in [6.45, 7) is 0. The highest BCUT2D eigenvalue weighted by Gasteiger charge is 2.28. The number of nitrogen functional groups attached to an aromatic ring is 1. The van der Waals surface area contributed by atoms with Crippen LogP contribution in [0, 0.1) is 22.9 Å². The summed E-state index contributed by atoms with van der Waals surface area (Å²) >= 11 is 0. The lowest BCUT2D eigenvalue weighted by atomic mass is 10.1. The van der Waals surface area contributed by atoms with Crippen LogP contribution in [-0.4, -0.2) is 10.8 Å². The summed E-state index contributed by atoms with van der Waals surface area (Å²) in [5, 5.41) is 7.01. The van der Waals surface area contributed by atoms with Crippen LogP contribution in [0.4, 0.5) is 22.0 Å². The topological polar surface area (TPSA) is 74.9 Å². The maximum atomic E-state index is 14.3. The van der Waals surface area contributed by atoms with E-state index in [1.165, 1.54) is 6.20 Å². The monoisotopic (exact) mass is 355 g/mol. The van der Waals surface area contributed by atoms with E-state index in [2.05, 4.69) is 4.98 Å². The van der Waals surface area contributed by atoms with Crippen molar-refractivity contribution in [2.45, 2.75) is 6.43 Å². The highest BCUT2D eigenvalue weighted by atomic mass is 19.3. The molecule has 0 saturated heterocycles. The van der Waals surface area contributed by atoms with Gasteiger partial charge in [-0.2, -0.15) is 4.39 Å². The molecular formula is C16H10F5N3O. The van der Waals surface area contributed by atoms with E-state index in [0.29, 0.717) is 0 Å². The van der Waals surface area contributed by atoms with Crippen molar-refractivity contribution >= 4 is 16.7 Å². The molecular weight excluding hydrogens is 345 g/mol. The number of alkyl halides is 2. The SMILES string of the molecule is N=C(N)c1cc(Oc2c(F)c(F)c3[nH]ccc3c2C(F)F)ccc1F. The second-order valence-corrected chi connectivity index (χ2v) is 5.10. The van der Waals surface area contributed by atoms with Crippen LogP contribution < -0.4 is 10.5 Å². The molecule has 0 saturated carbocycles. The van der Waals surface area contributed by atoms with Crippen molar-refractivity contribution in [3.63, 3.8) is 0 Å². The summed E-state index contributed by atoms with van der Waals surface area (Å²) in [5.41, 5.74) is 3.58. The quantitative estimate of drug-likeness (QED) is 0.363. The fraction of sp³-hybridized carbons (Fsp3) is 0.0625.